The van der Waals surface area contributed by atoms with Crippen LogP contribution in [0.1, 0.15) is 78.1 Å². The van der Waals surface area contributed by atoms with Crippen LogP contribution < -0.4 is 16.4 Å². The smallest absolute Gasteiger partial charge is 0.390 e. The number of hydrogen-bond acceptors (Lipinski definition) is 10. The fraction of sp³-hybridized carbons (Fsp3) is 0.412. The standard InChI is InChI=1S/C21H26N6O3.C9H10N3P.2C2H6/c1-6-14(4)24-21(18-22-15(5)30-26-18,19-25-27(8-3)20(28)29-19)17(7-2)23-16-12-10-9-11-13-16;13-5-7-1-2-8(11-3-7)9-4-10-6-12-9;2*1-2/h2,9-14,17,23-24H,6,8H2,1,3-5H3;1-4,6H,5,13H2,(H,10,12);2*1-2H3/t14-,17?,21?;;;/m0.../s1. The van der Waals surface area contributed by atoms with Crippen LogP contribution in [0.3, 0.4) is 0 Å². The number of para-hydroxylation sites is 1. The zero-order valence-corrected chi connectivity index (χ0v) is 29.8. The van der Waals surface area contributed by atoms with Crippen molar-refractivity contribution in [2.45, 2.75) is 92.1 Å². The summed E-state index contributed by atoms with van der Waals surface area (Å²) in [5, 5.41) is 15.3. The summed E-state index contributed by atoms with van der Waals surface area (Å²) >= 11 is 0. The van der Waals surface area contributed by atoms with E-state index in [1.165, 1.54) is 10.2 Å². The van der Waals surface area contributed by atoms with Gasteiger partial charge in [-0.25, -0.2) is 9.78 Å². The topological polar surface area (TPSA) is 153 Å². The number of aryl methyl sites for hydroxylation is 2. The van der Waals surface area contributed by atoms with E-state index in [1.807, 2.05) is 84.1 Å². The number of pyridine rings is 1. The van der Waals surface area contributed by atoms with Crippen LogP contribution in [0.2, 0.25) is 0 Å². The molecule has 4 heterocycles. The molecule has 252 valence electrons. The number of hydrogen-bond donors (Lipinski definition) is 3. The van der Waals surface area contributed by atoms with Crippen molar-refractivity contribution in [3.05, 3.63) is 94.9 Å². The minimum atomic E-state index is -1.35. The second kappa shape index (κ2) is 19.8. The summed E-state index contributed by atoms with van der Waals surface area (Å²) in [6.45, 7) is 15.9. The number of aromatic nitrogens is 7. The van der Waals surface area contributed by atoms with E-state index >= 15 is 0 Å². The quantitative estimate of drug-likeness (QED) is 0.110. The summed E-state index contributed by atoms with van der Waals surface area (Å²) in [6.07, 6.45) is 13.0. The van der Waals surface area contributed by atoms with Crippen LogP contribution in [-0.4, -0.2) is 47.0 Å². The van der Waals surface area contributed by atoms with Gasteiger partial charge in [0.1, 0.15) is 6.04 Å². The first kappa shape index (κ1) is 38.6. The Bertz CT molecular complexity index is 1660. The molecule has 5 aromatic rings. The summed E-state index contributed by atoms with van der Waals surface area (Å²) in [4.78, 5) is 28.0. The van der Waals surface area contributed by atoms with Gasteiger partial charge in [-0.15, -0.1) is 20.8 Å². The molecule has 4 atom stereocenters. The highest BCUT2D eigenvalue weighted by Gasteiger charge is 2.51. The number of anilines is 1. The number of aromatic amines is 1. The normalized spacial score (nSPS) is 12.8. The average molecular weight is 662 g/mol. The van der Waals surface area contributed by atoms with Crippen LogP contribution in [0, 0.1) is 19.3 Å². The maximum absolute atomic E-state index is 12.3. The molecule has 5 rings (SSSR count). The number of rotatable bonds is 11. The molecule has 12 nitrogen and oxygen atoms in total. The van der Waals surface area contributed by atoms with Gasteiger partial charge in [0.15, 0.2) is 5.54 Å². The Labute approximate surface area is 279 Å². The lowest BCUT2D eigenvalue weighted by atomic mass is 9.87. The van der Waals surface area contributed by atoms with Crippen molar-refractivity contribution in [3.63, 3.8) is 0 Å². The highest BCUT2D eigenvalue weighted by molar-refractivity contribution is 7.15. The molecule has 0 saturated carbocycles. The van der Waals surface area contributed by atoms with E-state index in [1.54, 1.807) is 26.4 Å². The Morgan fingerprint density at radius 2 is 1.83 bits per heavy atom. The second-order valence-electron chi connectivity index (χ2n) is 9.72. The summed E-state index contributed by atoms with van der Waals surface area (Å²) in [5.74, 6) is 2.84. The van der Waals surface area contributed by atoms with Crippen molar-refractivity contribution in [2.24, 2.45) is 0 Å². The fourth-order valence-corrected chi connectivity index (χ4v) is 4.49. The van der Waals surface area contributed by atoms with E-state index in [2.05, 4.69) is 62.1 Å². The van der Waals surface area contributed by atoms with Crippen LogP contribution in [0.4, 0.5) is 5.69 Å². The lowest BCUT2D eigenvalue weighted by Crippen LogP contribution is -2.58. The molecule has 0 aliphatic rings. The van der Waals surface area contributed by atoms with Crippen LogP contribution in [0.25, 0.3) is 11.4 Å². The summed E-state index contributed by atoms with van der Waals surface area (Å²) in [6, 6.07) is 12.7. The van der Waals surface area contributed by atoms with Gasteiger partial charge < -0.3 is 19.2 Å². The largest absolute Gasteiger partial charge is 0.437 e. The van der Waals surface area contributed by atoms with Crippen molar-refractivity contribution in [1.29, 1.82) is 0 Å². The molecule has 0 spiro atoms. The minimum Gasteiger partial charge on any atom is -0.390 e. The first-order valence-electron chi connectivity index (χ1n) is 15.9. The molecule has 4 aromatic heterocycles. The van der Waals surface area contributed by atoms with E-state index < -0.39 is 17.3 Å². The van der Waals surface area contributed by atoms with Gasteiger partial charge in [-0.3, -0.25) is 10.3 Å². The number of imidazole rings is 1. The molecule has 0 aliphatic heterocycles. The lowest BCUT2D eigenvalue weighted by molar-refractivity contribution is 0.243. The van der Waals surface area contributed by atoms with Crippen LogP contribution >= 0.6 is 9.24 Å². The maximum Gasteiger partial charge on any atom is 0.437 e. The lowest BCUT2D eigenvalue weighted by Gasteiger charge is -2.36. The predicted octanol–water partition coefficient (Wildman–Crippen LogP) is 6.19. The third kappa shape index (κ3) is 9.95. The Morgan fingerprint density at radius 3 is 2.32 bits per heavy atom. The maximum atomic E-state index is 12.3. The molecule has 13 heteroatoms. The molecule has 0 radical (unpaired) electrons. The van der Waals surface area contributed by atoms with E-state index in [9.17, 15) is 4.79 Å². The molecule has 3 unspecified atom stereocenters. The highest BCUT2D eigenvalue weighted by Crippen LogP contribution is 2.33. The van der Waals surface area contributed by atoms with Crippen molar-refractivity contribution in [3.8, 4) is 23.7 Å². The van der Waals surface area contributed by atoms with Crippen molar-refractivity contribution >= 4 is 14.9 Å². The minimum absolute atomic E-state index is 0.0330. The first-order chi connectivity index (χ1) is 22.8. The first-order valence-corrected chi connectivity index (χ1v) is 16.7. The molecular formula is C34H48N9O3P. The van der Waals surface area contributed by atoms with E-state index in [-0.39, 0.29) is 17.8 Å². The SMILES string of the molecule is C#CC(Nc1ccccc1)C(N[C@@H](C)CC)(c1noc(C)n1)c1nn(CC)c(=O)o1.CC.CC.PCc1ccc(-c2cnc[nH]2)nc1. The Kier molecular flexibility index (Phi) is 16.3. The van der Waals surface area contributed by atoms with Gasteiger partial charge in [0.25, 0.3) is 0 Å². The van der Waals surface area contributed by atoms with Gasteiger partial charge in [-0.05, 0) is 50.2 Å². The molecular weight excluding hydrogens is 613 g/mol. The van der Waals surface area contributed by atoms with Gasteiger partial charge in [0, 0.05) is 31.4 Å². The molecule has 1 aromatic carbocycles. The molecule has 0 saturated heterocycles. The third-order valence-corrected chi connectivity index (χ3v) is 7.20. The zero-order valence-electron chi connectivity index (χ0n) is 28.6. The predicted molar refractivity (Wildman–Crippen MR) is 190 cm³/mol. The monoisotopic (exact) mass is 661 g/mol. The molecule has 0 aliphatic carbocycles. The second-order valence-corrected chi connectivity index (χ2v) is 10.1. The number of nitrogens with one attached hydrogen (secondary N) is 3. The number of nitrogens with zero attached hydrogens (tertiary/aromatic N) is 6. The number of terminal acetylenes is 1. The van der Waals surface area contributed by atoms with Gasteiger partial charge in [0.05, 0.1) is 23.9 Å². The van der Waals surface area contributed by atoms with E-state index in [0.29, 0.717) is 12.4 Å². The van der Waals surface area contributed by atoms with Crippen LogP contribution in [0.15, 0.2) is 74.9 Å². The van der Waals surface area contributed by atoms with E-state index in [0.717, 1.165) is 29.7 Å². The zero-order chi connectivity index (χ0) is 34.8. The molecule has 47 heavy (non-hydrogen) atoms. The molecule has 0 bridgehead atoms. The van der Waals surface area contributed by atoms with Gasteiger partial charge >= 0.3 is 5.76 Å². The Morgan fingerprint density at radius 1 is 1.11 bits per heavy atom. The molecule has 3 N–H and O–H groups in total. The fourth-order valence-electron chi connectivity index (χ4n) is 4.25. The molecule has 0 amide bonds. The van der Waals surface area contributed by atoms with Crippen molar-refractivity contribution in [2.75, 3.05) is 5.32 Å². The summed E-state index contributed by atoms with van der Waals surface area (Å²) in [5.41, 5.74) is 2.54. The summed E-state index contributed by atoms with van der Waals surface area (Å²) in [7, 11) is 2.67. The molecule has 0 fully saturated rings. The average Bonchev–Trinajstić information content (AvgIpc) is 3.91. The van der Waals surface area contributed by atoms with Crippen molar-refractivity contribution < 1.29 is 8.94 Å². The van der Waals surface area contributed by atoms with Gasteiger partial charge in [-0.2, -0.15) is 9.67 Å². The van der Waals surface area contributed by atoms with Crippen LogP contribution in [-0.2, 0) is 18.2 Å². The van der Waals surface area contributed by atoms with Crippen LogP contribution in [0.5, 0.6) is 0 Å². The van der Waals surface area contributed by atoms with Crippen molar-refractivity contribution in [1.82, 2.24) is 40.2 Å². The third-order valence-electron chi connectivity index (χ3n) is 6.73. The van der Waals surface area contributed by atoms with Gasteiger partial charge in [-0.1, -0.05) is 70.0 Å². The highest BCUT2D eigenvalue weighted by atomic mass is 31.0. The number of benzene rings is 1. The Balaban J connectivity index is 0.000000374. The number of H-pyrrole nitrogens is 1. The Hall–Kier alpha value is -4.59. The van der Waals surface area contributed by atoms with E-state index in [4.69, 9.17) is 15.4 Å². The van der Waals surface area contributed by atoms with Gasteiger partial charge in [0.2, 0.25) is 17.6 Å². The summed E-state index contributed by atoms with van der Waals surface area (Å²) < 4.78 is 12.1.